The first-order valence-electron chi connectivity index (χ1n) is 16.8. The largest absolute Gasteiger partial charge is 0.456 e. The molecule has 0 aromatic heterocycles. The van der Waals surface area contributed by atoms with E-state index >= 15 is 0 Å². The van der Waals surface area contributed by atoms with Crippen molar-refractivity contribution in [1.82, 2.24) is 10.6 Å². The number of amides is 2. The molecule has 8 unspecified atom stereocenters. The fraction of sp³-hybridized carbons (Fsp3) is 0.629. The number of carbonyl (C=O) groups excluding carboxylic acids is 3. The summed E-state index contributed by atoms with van der Waals surface area (Å²) in [7, 11) is 0. The second kappa shape index (κ2) is 12.8. The zero-order valence-electron chi connectivity index (χ0n) is 26.1. The third-order valence-corrected chi connectivity index (χ3v) is 10.2. The monoisotopic (exact) mass is 636 g/mol. The predicted octanol–water partition coefficient (Wildman–Crippen LogP) is 2.40. The summed E-state index contributed by atoms with van der Waals surface area (Å²) < 4.78 is 25.1. The van der Waals surface area contributed by atoms with Crippen LogP contribution in [-0.2, 0) is 28.5 Å². The maximum Gasteiger partial charge on any atom is 0.338 e. The molecule has 46 heavy (non-hydrogen) atoms. The molecule has 2 heterocycles. The highest BCUT2D eigenvalue weighted by Crippen LogP contribution is 2.59. The minimum absolute atomic E-state index is 0.00852. The van der Waals surface area contributed by atoms with Crippen LogP contribution in [0, 0.1) is 17.8 Å². The second-order valence-corrected chi connectivity index (χ2v) is 13.8. The number of ether oxygens (including phenoxy) is 4. The molecule has 248 valence electrons. The fourth-order valence-corrected chi connectivity index (χ4v) is 7.33. The Balaban J connectivity index is 1.08. The Morgan fingerprint density at radius 2 is 1.87 bits per heavy atom. The molecule has 11 heteroatoms. The highest BCUT2D eigenvalue weighted by atomic mass is 16.8. The highest BCUT2D eigenvalue weighted by molar-refractivity contribution is 5.97. The van der Waals surface area contributed by atoms with E-state index in [1.165, 1.54) is 6.92 Å². The summed E-state index contributed by atoms with van der Waals surface area (Å²) in [4.78, 5) is 39.7. The van der Waals surface area contributed by atoms with E-state index in [-0.39, 0.29) is 37.0 Å². The third kappa shape index (κ3) is 6.66. The van der Waals surface area contributed by atoms with E-state index in [0.717, 1.165) is 50.5 Å². The number of allylic oxidation sites excluding steroid dienone is 1. The van der Waals surface area contributed by atoms with Gasteiger partial charge in [-0.25, -0.2) is 4.79 Å². The summed E-state index contributed by atoms with van der Waals surface area (Å²) >= 11 is 0. The number of aliphatic hydroxyl groups is 2. The molecule has 5 fully saturated rings. The van der Waals surface area contributed by atoms with Crippen LogP contribution in [0.2, 0.25) is 0 Å². The normalized spacial score (nSPS) is 32.5. The Morgan fingerprint density at radius 3 is 2.57 bits per heavy atom. The predicted molar refractivity (Wildman–Crippen MR) is 165 cm³/mol. The van der Waals surface area contributed by atoms with Gasteiger partial charge in [-0.2, -0.15) is 0 Å². The van der Waals surface area contributed by atoms with Crippen LogP contribution < -0.4 is 10.6 Å². The van der Waals surface area contributed by atoms with Gasteiger partial charge >= 0.3 is 5.97 Å². The molecule has 0 bridgehead atoms. The number of benzene rings is 1. The van der Waals surface area contributed by atoms with Crippen molar-refractivity contribution in [3.63, 3.8) is 0 Å². The lowest BCUT2D eigenvalue weighted by molar-refractivity contribution is -0.209. The van der Waals surface area contributed by atoms with Crippen LogP contribution in [0.1, 0.15) is 74.2 Å². The molecular formula is C35H44N2O9. The Hall–Kier alpha value is -3.09. The maximum atomic E-state index is 13.6. The van der Waals surface area contributed by atoms with Crippen LogP contribution in [0.25, 0.3) is 6.08 Å². The van der Waals surface area contributed by atoms with Crippen LogP contribution in [0.4, 0.5) is 0 Å². The van der Waals surface area contributed by atoms with Crippen molar-refractivity contribution in [3.8, 4) is 0 Å². The molecule has 8 atom stereocenters. The highest BCUT2D eigenvalue weighted by Gasteiger charge is 2.64. The van der Waals surface area contributed by atoms with Crippen LogP contribution in [-0.4, -0.2) is 89.6 Å². The molecule has 4 aliphatic carbocycles. The van der Waals surface area contributed by atoms with Gasteiger partial charge < -0.3 is 39.8 Å². The van der Waals surface area contributed by atoms with Gasteiger partial charge in [0.2, 0.25) is 11.8 Å². The maximum absolute atomic E-state index is 13.6. The molecule has 7 rings (SSSR count). The SMILES string of the molecule is CC(O)C(NC(=O)C1=CC2OC(C3CC3)(C3CC3)OC2C(OC(=O)c2cccc(C=CC3CCC4OC4C3)c2)C1)C(=O)NCCO. The molecule has 0 radical (unpaired) electrons. The van der Waals surface area contributed by atoms with Gasteiger partial charge in [-0.15, -0.1) is 0 Å². The molecule has 11 nitrogen and oxygen atoms in total. The number of carbonyl (C=O) groups is 3. The number of rotatable bonds is 12. The molecule has 0 spiro atoms. The van der Waals surface area contributed by atoms with Crippen LogP contribution in [0.5, 0.6) is 0 Å². The standard InChI is InChI=1S/C35H44N2O9/c1-19(39)30(33(41)36-13-14-38)37-32(40)23-17-28(31-29(18-23)45-35(46-31,24-8-9-24)25-10-11-25)44-34(42)22-4-2-3-20(15-22)5-6-21-7-12-26-27(16-21)43-26/h2-6,15,18-19,21,24-31,38-39H,7-14,16-17H2,1H3,(H,36,41)(H,37,40). The molecule has 1 aromatic carbocycles. The zero-order valence-corrected chi connectivity index (χ0v) is 26.1. The van der Waals surface area contributed by atoms with Gasteiger partial charge in [0.1, 0.15) is 24.4 Å². The number of aliphatic hydroxyl groups excluding tert-OH is 2. The minimum atomic E-state index is -1.24. The van der Waals surface area contributed by atoms with Crippen molar-refractivity contribution in [2.24, 2.45) is 17.8 Å². The molecule has 3 saturated carbocycles. The number of fused-ring (bicyclic) bond motifs is 2. The average Bonchev–Trinajstić information content (AvgIpc) is 3.91. The summed E-state index contributed by atoms with van der Waals surface area (Å²) in [5.74, 6) is -1.44. The van der Waals surface area contributed by atoms with Crippen LogP contribution in [0.3, 0.4) is 0 Å². The minimum Gasteiger partial charge on any atom is -0.456 e. The molecule has 6 aliphatic rings. The molecule has 1 aromatic rings. The van der Waals surface area contributed by atoms with E-state index in [2.05, 4.69) is 22.8 Å². The molecule has 4 N–H and O–H groups in total. The van der Waals surface area contributed by atoms with Gasteiger partial charge in [-0.3, -0.25) is 9.59 Å². The van der Waals surface area contributed by atoms with Crippen molar-refractivity contribution in [3.05, 3.63) is 53.1 Å². The fourth-order valence-electron chi connectivity index (χ4n) is 7.33. The summed E-state index contributed by atoms with van der Waals surface area (Å²) in [6.45, 7) is 1.12. The van der Waals surface area contributed by atoms with Gasteiger partial charge in [-0.05, 0) is 81.6 Å². The summed E-state index contributed by atoms with van der Waals surface area (Å²) in [6, 6.07) is 6.08. The van der Waals surface area contributed by atoms with E-state index in [1.54, 1.807) is 12.1 Å². The Bertz CT molecular complexity index is 1390. The lowest BCUT2D eigenvalue weighted by Gasteiger charge is -2.31. The second-order valence-electron chi connectivity index (χ2n) is 13.8. The average molecular weight is 637 g/mol. The van der Waals surface area contributed by atoms with E-state index in [0.29, 0.717) is 23.7 Å². The number of esters is 1. The summed E-state index contributed by atoms with van der Waals surface area (Å²) in [6.07, 6.45) is 10.9. The first kappa shape index (κ1) is 31.5. The van der Waals surface area contributed by atoms with Gasteiger partial charge in [0.25, 0.3) is 0 Å². The molecule has 2 saturated heterocycles. The van der Waals surface area contributed by atoms with Crippen LogP contribution in [0.15, 0.2) is 42.0 Å². The van der Waals surface area contributed by atoms with Gasteiger partial charge in [0.15, 0.2) is 5.79 Å². The summed E-state index contributed by atoms with van der Waals surface area (Å²) in [5.41, 5.74) is 1.59. The number of hydrogen-bond acceptors (Lipinski definition) is 9. The topological polar surface area (TPSA) is 156 Å². The summed E-state index contributed by atoms with van der Waals surface area (Å²) in [5, 5.41) is 24.4. The number of hydrogen-bond donors (Lipinski definition) is 4. The molecule has 2 aliphatic heterocycles. The van der Waals surface area contributed by atoms with Crippen molar-refractivity contribution < 1.29 is 43.5 Å². The Labute approximate surface area is 268 Å². The van der Waals surface area contributed by atoms with E-state index in [4.69, 9.17) is 24.1 Å². The molecular weight excluding hydrogens is 592 g/mol. The first-order valence-corrected chi connectivity index (χ1v) is 16.8. The van der Waals surface area contributed by atoms with Crippen molar-refractivity contribution >= 4 is 23.9 Å². The van der Waals surface area contributed by atoms with Crippen molar-refractivity contribution in [2.75, 3.05) is 13.2 Å². The quantitative estimate of drug-likeness (QED) is 0.200. The van der Waals surface area contributed by atoms with E-state index in [1.807, 2.05) is 18.2 Å². The number of epoxide rings is 1. The van der Waals surface area contributed by atoms with Crippen molar-refractivity contribution in [2.45, 2.75) is 107 Å². The number of nitrogens with one attached hydrogen (secondary N) is 2. The Morgan fingerprint density at radius 1 is 1.09 bits per heavy atom. The first-order chi connectivity index (χ1) is 22.2. The lowest BCUT2D eigenvalue weighted by Crippen LogP contribution is -2.54. The van der Waals surface area contributed by atoms with Crippen molar-refractivity contribution in [1.29, 1.82) is 0 Å². The third-order valence-electron chi connectivity index (χ3n) is 10.2. The van der Waals surface area contributed by atoms with E-state index in [9.17, 15) is 19.5 Å². The molecule has 2 amide bonds. The van der Waals surface area contributed by atoms with Gasteiger partial charge in [0, 0.05) is 30.4 Å². The Kier molecular flexibility index (Phi) is 8.79. The smallest absolute Gasteiger partial charge is 0.338 e. The van der Waals surface area contributed by atoms with E-state index < -0.39 is 54.0 Å². The van der Waals surface area contributed by atoms with Gasteiger partial charge in [-0.1, -0.05) is 24.3 Å². The van der Waals surface area contributed by atoms with Gasteiger partial charge in [0.05, 0.1) is 30.5 Å². The zero-order chi connectivity index (χ0) is 32.0. The van der Waals surface area contributed by atoms with Crippen LogP contribution >= 0.6 is 0 Å². The lowest BCUT2D eigenvalue weighted by atomic mass is 9.88.